The molecule has 0 bridgehead atoms. The number of benzene rings is 2. The predicted molar refractivity (Wildman–Crippen MR) is 142 cm³/mol. The lowest BCUT2D eigenvalue weighted by Crippen LogP contribution is -2.41. The van der Waals surface area contributed by atoms with Gasteiger partial charge in [0.1, 0.15) is 11.9 Å². The molecule has 184 valence electrons. The summed E-state index contributed by atoms with van der Waals surface area (Å²) in [7, 11) is 0. The van der Waals surface area contributed by atoms with Crippen molar-refractivity contribution >= 4 is 17.3 Å². The van der Waals surface area contributed by atoms with Crippen LogP contribution in [0.2, 0.25) is 0 Å². The van der Waals surface area contributed by atoms with Crippen LogP contribution in [0.5, 0.6) is 0 Å². The molecule has 2 aromatic carbocycles. The van der Waals surface area contributed by atoms with Crippen molar-refractivity contribution in [3.8, 4) is 0 Å². The third kappa shape index (κ3) is 5.60. The second-order valence-electron chi connectivity index (χ2n) is 9.40. The van der Waals surface area contributed by atoms with Gasteiger partial charge in [-0.3, -0.25) is 4.79 Å². The van der Waals surface area contributed by atoms with Gasteiger partial charge >= 0.3 is 0 Å². The zero-order valence-corrected chi connectivity index (χ0v) is 20.6. The molecule has 2 heterocycles. The fourth-order valence-electron chi connectivity index (χ4n) is 4.89. The number of amides is 1. The molecule has 0 radical (unpaired) electrons. The first-order chi connectivity index (χ1) is 16.9. The molecule has 4 rings (SSSR count). The predicted octanol–water partition coefficient (Wildman–Crippen LogP) is 5.68. The van der Waals surface area contributed by atoms with E-state index in [1.165, 1.54) is 5.56 Å². The lowest BCUT2D eigenvalue weighted by atomic mass is 9.74. The molecule has 2 atom stereocenters. The van der Waals surface area contributed by atoms with E-state index in [0.717, 1.165) is 42.8 Å². The second-order valence-corrected chi connectivity index (χ2v) is 9.40. The van der Waals surface area contributed by atoms with E-state index in [-0.39, 0.29) is 23.2 Å². The maximum absolute atomic E-state index is 13.2. The number of ether oxygens (including phenoxy) is 1. The van der Waals surface area contributed by atoms with Crippen molar-refractivity contribution < 1.29 is 14.6 Å². The van der Waals surface area contributed by atoms with Crippen molar-refractivity contribution in [1.82, 2.24) is 5.32 Å². The van der Waals surface area contributed by atoms with Crippen molar-refractivity contribution in [2.75, 3.05) is 30.4 Å². The second kappa shape index (κ2) is 10.8. The highest BCUT2D eigenvalue weighted by molar-refractivity contribution is 5.97. The molecule has 2 aliphatic rings. The van der Waals surface area contributed by atoms with Gasteiger partial charge in [0.05, 0.1) is 11.4 Å². The number of allylic oxidation sites excluding steroid dienone is 3. The number of hydrogen-bond donors (Lipinski definition) is 4. The standard InChI is InChI=1S/C29H35N3O3/c1-4-26(33)23(17-20(2)3)27-31-24-12-11-21(18-25(24)32-27)28(34)30-19-29(13-8-15-35-16-14-29)22-9-6-5-7-10-22/h4-7,9-12,17-18,27,31-33H,2,8,13-16,19H2,1,3H3,(H,30,34)/b23-17+,26-4?. The zero-order chi connectivity index (χ0) is 24.8. The van der Waals surface area contributed by atoms with Crippen molar-refractivity contribution in [3.05, 3.63) is 95.3 Å². The van der Waals surface area contributed by atoms with Crippen LogP contribution in [0.1, 0.15) is 49.0 Å². The van der Waals surface area contributed by atoms with Gasteiger partial charge in [0.2, 0.25) is 0 Å². The first-order valence-electron chi connectivity index (χ1n) is 12.2. The minimum Gasteiger partial charge on any atom is -0.508 e. The number of carbonyl (C=O) groups excluding carboxylic acids is 1. The zero-order valence-electron chi connectivity index (χ0n) is 20.6. The third-order valence-electron chi connectivity index (χ3n) is 6.81. The van der Waals surface area contributed by atoms with Gasteiger partial charge in [-0.25, -0.2) is 0 Å². The Balaban J connectivity index is 1.49. The van der Waals surface area contributed by atoms with Crippen LogP contribution in [0.3, 0.4) is 0 Å². The number of carbonyl (C=O) groups is 1. The molecule has 1 saturated heterocycles. The minimum absolute atomic E-state index is 0.104. The molecule has 6 heteroatoms. The Morgan fingerprint density at radius 2 is 1.94 bits per heavy atom. The van der Waals surface area contributed by atoms with Crippen molar-refractivity contribution in [2.45, 2.75) is 44.7 Å². The number of aliphatic hydroxyl groups is 1. The van der Waals surface area contributed by atoms with E-state index in [9.17, 15) is 9.90 Å². The van der Waals surface area contributed by atoms with Crippen LogP contribution in [-0.4, -0.2) is 36.9 Å². The number of anilines is 2. The topological polar surface area (TPSA) is 82.6 Å². The molecule has 0 saturated carbocycles. The monoisotopic (exact) mass is 473 g/mol. The molecular weight excluding hydrogens is 438 g/mol. The molecule has 2 aliphatic heterocycles. The van der Waals surface area contributed by atoms with Gasteiger partial charge in [-0.05, 0) is 69.0 Å². The highest BCUT2D eigenvalue weighted by atomic mass is 16.5. The van der Waals surface area contributed by atoms with Gasteiger partial charge in [0, 0.05) is 36.3 Å². The van der Waals surface area contributed by atoms with Crippen LogP contribution in [0.15, 0.2) is 84.2 Å². The number of nitrogens with one attached hydrogen (secondary N) is 3. The normalized spacial score (nSPS) is 22.4. The molecule has 6 nitrogen and oxygen atoms in total. The third-order valence-corrected chi connectivity index (χ3v) is 6.81. The maximum atomic E-state index is 13.2. The molecule has 1 amide bonds. The van der Waals surface area contributed by atoms with E-state index < -0.39 is 0 Å². The molecule has 35 heavy (non-hydrogen) atoms. The number of aliphatic hydroxyl groups excluding tert-OH is 1. The van der Waals surface area contributed by atoms with E-state index >= 15 is 0 Å². The smallest absolute Gasteiger partial charge is 0.251 e. The van der Waals surface area contributed by atoms with Gasteiger partial charge < -0.3 is 25.8 Å². The average Bonchev–Trinajstić information content (AvgIpc) is 3.14. The first kappa shape index (κ1) is 24.6. The van der Waals surface area contributed by atoms with Gasteiger partial charge in [-0.2, -0.15) is 0 Å². The van der Waals surface area contributed by atoms with Gasteiger partial charge in [-0.15, -0.1) is 0 Å². The van der Waals surface area contributed by atoms with Crippen LogP contribution >= 0.6 is 0 Å². The van der Waals surface area contributed by atoms with Gasteiger partial charge in [-0.1, -0.05) is 42.5 Å². The summed E-state index contributed by atoms with van der Waals surface area (Å²) in [5, 5.41) is 20.3. The Bertz CT molecular complexity index is 1130. The summed E-state index contributed by atoms with van der Waals surface area (Å²) in [6.07, 6.45) is 6.00. The van der Waals surface area contributed by atoms with E-state index in [4.69, 9.17) is 4.74 Å². The van der Waals surface area contributed by atoms with Crippen molar-refractivity contribution in [1.29, 1.82) is 0 Å². The van der Waals surface area contributed by atoms with Crippen LogP contribution in [0.4, 0.5) is 11.4 Å². The molecule has 0 spiro atoms. The van der Waals surface area contributed by atoms with Crippen LogP contribution < -0.4 is 16.0 Å². The molecule has 2 aromatic rings. The van der Waals surface area contributed by atoms with E-state index in [1.807, 2.05) is 37.3 Å². The summed E-state index contributed by atoms with van der Waals surface area (Å²) in [6, 6.07) is 16.0. The Hall–Kier alpha value is -3.51. The maximum Gasteiger partial charge on any atom is 0.251 e. The number of hydrogen-bond acceptors (Lipinski definition) is 5. The number of fused-ring (bicyclic) bond motifs is 1. The van der Waals surface area contributed by atoms with Crippen LogP contribution in [-0.2, 0) is 10.2 Å². The fourth-order valence-corrected chi connectivity index (χ4v) is 4.89. The minimum atomic E-state index is -0.316. The Labute approximate surface area is 207 Å². The quantitative estimate of drug-likeness (QED) is 0.307. The highest BCUT2D eigenvalue weighted by Gasteiger charge is 2.34. The average molecular weight is 474 g/mol. The molecule has 0 aliphatic carbocycles. The SMILES string of the molecule is C=C(C)/C=C(\C(O)=CC)C1Nc2ccc(C(=O)NCC3(c4ccccc4)CCCOCC3)cc2N1. The molecule has 1 fully saturated rings. The summed E-state index contributed by atoms with van der Waals surface area (Å²) in [6.45, 7) is 9.62. The van der Waals surface area contributed by atoms with Crippen LogP contribution in [0.25, 0.3) is 0 Å². The largest absolute Gasteiger partial charge is 0.508 e. The lowest BCUT2D eigenvalue weighted by molar-refractivity contribution is 0.0937. The summed E-state index contributed by atoms with van der Waals surface area (Å²) in [5.41, 5.74) is 4.93. The summed E-state index contributed by atoms with van der Waals surface area (Å²) in [4.78, 5) is 13.2. The highest BCUT2D eigenvalue weighted by Crippen LogP contribution is 2.36. The summed E-state index contributed by atoms with van der Waals surface area (Å²) >= 11 is 0. The Morgan fingerprint density at radius 3 is 2.69 bits per heavy atom. The van der Waals surface area contributed by atoms with Crippen molar-refractivity contribution in [2.24, 2.45) is 0 Å². The Kier molecular flexibility index (Phi) is 7.61. The number of rotatable bonds is 7. The van der Waals surface area contributed by atoms with E-state index in [2.05, 4.69) is 46.8 Å². The van der Waals surface area contributed by atoms with Gasteiger partial charge in [0.25, 0.3) is 5.91 Å². The summed E-state index contributed by atoms with van der Waals surface area (Å²) in [5.74, 6) is 0.0786. The van der Waals surface area contributed by atoms with Gasteiger partial charge in [0.15, 0.2) is 0 Å². The summed E-state index contributed by atoms with van der Waals surface area (Å²) < 4.78 is 5.73. The molecule has 4 N–H and O–H groups in total. The Morgan fingerprint density at radius 1 is 1.17 bits per heavy atom. The molecule has 2 unspecified atom stereocenters. The van der Waals surface area contributed by atoms with Crippen molar-refractivity contribution in [3.63, 3.8) is 0 Å². The fraction of sp³-hybridized carbons (Fsp3) is 0.345. The lowest BCUT2D eigenvalue weighted by Gasteiger charge is -2.33. The first-order valence-corrected chi connectivity index (χ1v) is 12.2. The van der Waals surface area contributed by atoms with Crippen LogP contribution in [0, 0.1) is 0 Å². The molecule has 0 aromatic heterocycles. The molecular formula is C29H35N3O3. The van der Waals surface area contributed by atoms with E-state index in [1.54, 1.807) is 13.0 Å². The van der Waals surface area contributed by atoms with E-state index in [0.29, 0.717) is 24.3 Å².